The molecule has 0 unspecified atom stereocenters. The van der Waals surface area contributed by atoms with Gasteiger partial charge >= 0.3 is 23.9 Å². The second kappa shape index (κ2) is 10.9. The molecule has 12 heteroatoms. The number of halogens is 1. The summed E-state index contributed by atoms with van der Waals surface area (Å²) in [7, 11) is 1.06. The molecule has 0 amide bonds. The molecule has 32 heavy (non-hydrogen) atoms. The first-order valence-electron chi connectivity index (χ1n) is 9.23. The van der Waals surface area contributed by atoms with Crippen LogP contribution in [0, 0.1) is 0 Å². The smallest absolute Gasteiger partial charge is 0.339 e. The molecule has 1 aliphatic heterocycles. The average molecular weight is 473 g/mol. The van der Waals surface area contributed by atoms with Gasteiger partial charge in [0, 0.05) is 25.8 Å². The second-order valence-corrected chi connectivity index (χ2v) is 7.02. The van der Waals surface area contributed by atoms with Gasteiger partial charge in [-0.05, 0) is 18.2 Å². The molecule has 1 saturated heterocycles. The average Bonchev–Trinajstić information content (AvgIpc) is 2.71. The van der Waals surface area contributed by atoms with E-state index in [1.807, 2.05) is 0 Å². The number of carbonyl (C=O) groups is 5. The minimum atomic E-state index is -1.61. The van der Waals surface area contributed by atoms with Gasteiger partial charge in [0.05, 0.1) is 12.7 Å². The summed E-state index contributed by atoms with van der Waals surface area (Å²) in [5.74, 6) is -3.47. The van der Waals surface area contributed by atoms with Crippen LogP contribution in [0.2, 0.25) is 5.02 Å². The van der Waals surface area contributed by atoms with Crippen LogP contribution in [-0.2, 0) is 42.9 Å². The van der Waals surface area contributed by atoms with Crippen LogP contribution in [0.3, 0.4) is 0 Å². The maximum atomic E-state index is 12.4. The first-order valence-corrected chi connectivity index (χ1v) is 9.61. The predicted molar refractivity (Wildman–Crippen MR) is 105 cm³/mol. The number of aldehydes is 1. The fraction of sp³-hybridized carbons (Fsp3) is 0.450. The Hall–Kier alpha value is -3.18. The first-order chi connectivity index (χ1) is 15.1. The zero-order valence-electron chi connectivity index (χ0n) is 17.6. The van der Waals surface area contributed by atoms with Crippen LogP contribution in [0.4, 0.5) is 0 Å². The number of hydrogen-bond donors (Lipinski definition) is 0. The number of benzene rings is 1. The summed E-state index contributed by atoms with van der Waals surface area (Å²) in [5, 5.41) is 0.251. The van der Waals surface area contributed by atoms with Gasteiger partial charge in [0.1, 0.15) is 5.75 Å². The van der Waals surface area contributed by atoms with Gasteiger partial charge in [0.15, 0.2) is 24.6 Å². The van der Waals surface area contributed by atoms with Gasteiger partial charge < -0.3 is 28.4 Å². The van der Waals surface area contributed by atoms with Gasteiger partial charge in [-0.1, -0.05) is 11.6 Å². The highest BCUT2D eigenvalue weighted by molar-refractivity contribution is 6.30. The Labute approximate surface area is 187 Å². The van der Waals surface area contributed by atoms with Crippen LogP contribution in [0.5, 0.6) is 5.75 Å². The Morgan fingerprint density at radius 3 is 2.03 bits per heavy atom. The van der Waals surface area contributed by atoms with Gasteiger partial charge in [-0.25, -0.2) is 4.79 Å². The molecule has 2 rings (SSSR count). The lowest BCUT2D eigenvalue weighted by atomic mass is 9.97. The molecule has 1 aliphatic rings. The number of carbonyl (C=O) groups excluding carboxylic acids is 5. The van der Waals surface area contributed by atoms with Crippen LogP contribution >= 0.6 is 11.6 Å². The van der Waals surface area contributed by atoms with Crippen LogP contribution in [-0.4, -0.2) is 68.0 Å². The van der Waals surface area contributed by atoms with E-state index in [4.69, 9.17) is 40.0 Å². The Kier molecular flexibility index (Phi) is 8.56. The molecular weight excluding hydrogens is 452 g/mol. The standard InChI is InChI=1S/C20H21ClO11/c1-9(23)28-15-16(29-10(2)24)18(30-11(3)25)20(32-17(15)19(26)27-4)31-14-6-5-13(21)7-12(14)8-22/h5-8,15-18,20H,1-4H3/t15-,16-,17-,18+,20+/m0/s1. The lowest BCUT2D eigenvalue weighted by Crippen LogP contribution is -2.64. The third kappa shape index (κ3) is 6.17. The fourth-order valence-corrected chi connectivity index (χ4v) is 3.20. The third-order valence-electron chi connectivity index (χ3n) is 4.18. The summed E-state index contributed by atoms with van der Waals surface area (Å²) in [5.41, 5.74) is 0.0310. The first kappa shape index (κ1) is 25.1. The van der Waals surface area contributed by atoms with Crippen molar-refractivity contribution in [1.82, 2.24) is 0 Å². The van der Waals surface area contributed by atoms with Crippen molar-refractivity contribution >= 4 is 41.8 Å². The minimum Gasteiger partial charge on any atom is -0.467 e. The fourth-order valence-electron chi connectivity index (χ4n) is 3.02. The van der Waals surface area contributed by atoms with Gasteiger partial charge in [-0.2, -0.15) is 0 Å². The number of ether oxygens (including phenoxy) is 6. The Bertz CT molecular complexity index is 900. The second-order valence-electron chi connectivity index (χ2n) is 6.59. The molecule has 0 bridgehead atoms. The van der Waals surface area contributed by atoms with E-state index in [1.165, 1.54) is 18.2 Å². The molecular formula is C20H21ClO11. The highest BCUT2D eigenvalue weighted by Crippen LogP contribution is 2.32. The monoisotopic (exact) mass is 472 g/mol. The number of rotatable bonds is 7. The number of esters is 4. The Balaban J connectivity index is 2.55. The van der Waals surface area contributed by atoms with Crippen molar-refractivity contribution in [1.29, 1.82) is 0 Å². The number of hydrogen-bond acceptors (Lipinski definition) is 11. The van der Waals surface area contributed by atoms with E-state index in [0.717, 1.165) is 27.9 Å². The molecule has 0 spiro atoms. The molecule has 0 N–H and O–H groups in total. The van der Waals surface area contributed by atoms with Crippen molar-refractivity contribution < 1.29 is 52.4 Å². The van der Waals surface area contributed by atoms with Gasteiger partial charge in [0.2, 0.25) is 12.4 Å². The minimum absolute atomic E-state index is 0.0253. The number of methoxy groups -OCH3 is 1. The van der Waals surface area contributed by atoms with Crippen molar-refractivity contribution in [2.24, 2.45) is 0 Å². The lowest BCUT2D eigenvalue weighted by Gasteiger charge is -2.43. The normalized spacial score (nSPS) is 24.6. The predicted octanol–water partition coefficient (Wildman–Crippen LogP) is 1.22. The molecule has 1 heterocycles. The molecule has 0 radical (unpaired) electrons. The molecule has 5 atom stereocenters. The third-order valence-corrected chi connectivity index (χ3v) is 4.41. The lowest BCUT2D eigenvalue weighted by molar-refractivity contribution is -0.282. The maximum Gasteiger partial charge on any atom is 0.339 e. The van der Waals surface area contributed by atoms with Crippen molar-refractivity contribution in [3.8, 4) is 5.75 Å². The highest BCUT2D eigenvalue weighted by Gasteiger charge is 2.55. The molecule has 1 aromatic carbocycles. The molecule has 1 aromatic rings. The van der Waals surface area contributed by atoms with Gasteiger partial charge in [0.25, 0.3) is 0 Å². The molecule has 11 nitrogen and oxygen atoms in total. The van der Waals surface area contributed by atoms with Crippen LogP contribution in [0.25, 0.3) is 0 Å². The van der Waals surface area contributed by atoms with Gasteiger partial charge in [-0.15, -0.1) is 0 Å². The Morgan fingerprint density at radius 2 is 1.50 bits per heavy atom. The quantitative estimate of drug-likeness (QED) is 0.321. The van der Waals surface area contributed by atoms with E-state index in [-0.39, 0.29) is 16.3 Å². The van der Waals surface area contributed by atoms with Crippen LogP contribution in [0.1, 0.15) is 31.1 Å². The van der Waals surface area contributed by atoms with Crippen LogP contribution < -0.4 is 4.74 Å². The van der Waals surface area contributed by atoms with Crippen molar-refractivity contribution in [2.75, 3.05) is 7.11 Å². The summed E-state index contributed by atoms with van der Waals surface area (Å²) in [4.78, 5) is 59.0. The van der Waals surface area contributed by atoms with E-state index >= 15 is 0 Å². The summed E-state index contributed by atoms with van der Waals surface area (Å²) < 4.78 is 31.6. The zero-order chi connectivity index (χ0) is 24.0. The van der Waals surface area contributed by atoms with Crippen molar-refractivity contribution in [3.63, 3.8) is 0 Å². The highest BCUT2D eigenvalue weighted by atomic mass is 35.5. The van der Waals surface area contributed by atoms with Crippen LogP contribution in [0.15, 0.2) is 18.2 Å². The Morgan fingerprint density at radius 1 is 0.938 bits per heavy atom. The van der Waals surface area contributed by atoms with Gasteiger partial charge in [-0.3, -0.25) is 19.2 Å². The van der Waals surface area contributed by atoms with E-state index in [9.17, 15) is 24.0 Å². The summed E-state index contributed by atoms with van der Waals surface area (Å²) >= 11 is 5.89. The maximum absolute atomic E-state index is 12.4. The SMILES string of the molecule is COC(=O)[C@H]1O[C@@H](Oc2ccc(Cl)cc2C=O)[C@H](OC(C)=O)[C@@H](OC(C)=O)[C@@H]1OC(C)=O. The summed E-state index contributed by atoms with van der Waals surface area (Å²) in [6.07, 6.45) is -7.24. The summed E-state index contributed by atoms with van der Waals surface area (Å²) in [6, 6.07) is 4.10. The largest absolute Gasteiger partial charge is 0.467 e. The van der Waals surface area contributed by atoms with E-state index < -0.39 is 54.6 Å². The molecule has 0 saturated carbocycles. The molecule has 0 aliphatic carbocycles. The van der Waals surface area contributed by atoms with Crippen molar-refractivity contribution in [3.05, 3.63) is 28.8 Å². The zero-order valence-corrected chi connectivity index (χ0v) is 18.3. The molecule has 0 aromatic heterocycles. The summed E-state index contributed by atoms with van der Waals surface area (Å²) in [6.45, 7) is 3.21. The molecule has 1 fully saturated rings. The van der Waals surface area contributed by atoms with Crippen molar-refractivity contribution in [2.45, 2.75) is 51.5 Å². The van der Waals surface area contributed by atoms with E-state index in [2.05, 4.69) is 0 Å². The van der Waals surface area contributed by atoms with E-state index in [1.54, 1.807) is 0 Å². The molecule has 174 valence electrons. The van der Waals surface area contributed by atoms with E-state index in [0.29, 0.717) is 6.29 Å². The topological polar surface area (TPSA) is 141 Å².